The second-order valence-corrected chi connectivity index (χ2v) is 7.92. The summed E-state index contributed by atoms with van der Waals surface area (Å²) in [6.45, 7) is 6.35. The average Bonchev–Trinajstić information content (AvgIpc) is 3.21. The number of amides is 1. The van der Waals surface area contributed by atoms with Crippen LogP contribution in [0.25, 0.3) is 0 Å². The van der Waals surface area contributed by atoms with Crippen LogP contribution in [-0.4, -0.2) is 32.0 Å². The number of hydrogen-bond acceptors (Lipinski definition) is 6. The Balaban J connectivity index is 1.87. The molecule has 128 valence electrons. The molecule has 0 fully saturated rings. The first-order valence-electron chi connectivity index (χ1n) is 7.70. The van der Waals surface area contributed by atoms with Gasteiger partial charge in [-0.3, -0.25) is 4.79 Å². The predicted molar refractivity (Wildman–Crippen MR) is 95.8 cm³/mol. The molecule has 8 heteroatoms. The highest BCUT2D eigenvalue weighted by molar-refractivity contribution is 7.99. The first-order valence-corrected chi connectivity index (χ1v) is 9.56. The molecular weight excluding hydrogens is 342 g/mol. The van der Waals surface area contributed by atoms with Crippen LogP contribution >= 0.6 is 23.1 Å². The Labute approximate surface area is 150 Å². The van der Waals surface area contributed by atoms with Crippen LogP contribution < -0.4 is 5.32 Å². The van der Waals surface area contributed by atoms with Crippen molar-refractivity contribution in [2.24, 2.45) is 5.92 Å². The van der Waals surface area contributed by atoms with Crippen molar-refractivity contribution in [1.82, 2.24) is 20.1 Å². The summed E-state index contributed by atoms with van der Waals surface area (Å²) < 4.78 is 1.95. The Morgan fingerprint density at radius 3 is 3.00 bits per heavy atom. The van der Waals surface area contributed by atoms with Crippen LogP contribution in [0, 0.1) is 17.2 Å². The lowest BCUT2D eigenvalue weighted by Crippen LogP contribution is -2.49. The van der Waals surface area contributed by atoms with Gasteiger partial charge in [0.1, 0.15) is 11.9 Å². The zero-order valence-electron chi connectivity index (χ0n) is 14.0. The molecule has 0 aromatic carbocycles. The highest BCUT2D eigenvalue weighted by Crippen LogP contribution is 2.19. The largest absolute Gasteiger partial charge is 0.337 e. The van der Waals surface area contributed by atoms with Crippen LogP contribution in [0.4, 0.5) is 0 Å². The molecule has 0 aliphatic carbocycles. The monoisotopic (exact) mass is 363 g/mol. The number of hydrogen-bond donors (Lipinski definition) is 1. The number of thioether (sulfide) groups is 1. The number of carbonyl (C=O) groups excluding carboxylic acids is 1. The molecule has 0 saturated carbocycles. The van der Waals surface area contributed by atoms with Crippen LogP contribution in [0.2, 0.25) is 0 Å². The van der Waals surface area contributed by atoms with Gasteiger partial charge in [0.25, 0.3) is 0 Å². The van der Waals surface area contributed by atoms with Crippen LogP contribution in [0.1, 0.15) is 25.6 Å². The smallest absolute Gasteiger partial charge is 0.231 e. The summed E-state index contributed by atoms with van der Waals surface area (Å²) in [4.78, 5) is 13.4. The Kier molecular flexibility index (Phi) is 6.40. The van der Waals surface area contributed by atoms with E-state index in [1.165, 1.54) is 16.6 Å². The van der Waals surface area contributed by atoms with Gasteiger partial charge in [0.05, 0.1) is 11.8 Å². The van der Waals surface area contributed by atoms with Crippen LogP contribution in [0.15, 0.2) is 29.0 Å². The summed E-state index contributed by atoms with van der Waals surface area (Å²) in [5, 5.41) is 22.8. The lowest BCUT2D eigenvalue weighted by atomic mass is 9.90. The Bertz CT molecular complexity index is 704. The molecule has 24 heavy (non-hydrogen) atoms. The average molecular weight is 364 g/mol. The molecule has 1 atom stereocenters. The highest BCUT2D eigenvalue weighted by atomic mass is 32.2. The van der Waals surface area contributed by atoms with E-state index in [9.17, 15) is 10.1 Å². The van der Waals surface area contributed by atoms with Gasteiger partial charge in [0.15, 0.2) is 5.16 Å². The van der Waals surface area contributed by atoms with Crippen molar-refractivity contribution in [3.63, 3.8) is 0 Å². The fourth-order valence-corrected chi connectivity index (χ4v) is 3.39. The van der Waals surface area contributed by atoms with E-state index < -0.39 is 5.54 Å². The van der Waals surface area contributed by atoms with Crippen molar-refractivity contribution in [3.8, 4) is 6.07 Å². The number of nitrogens with one attached hydrogen (secondary N) is 1. The summed E-state index contributed by atoms with van der Waals surface area (Å²) in [5.41, 5.74) is -0.857. The van der Waals surface area contributed by atoms with Gasteiger partial charge in [0.2, 0.25) is 5.91 Å². The first-order chi connectivity index (χ1) is 11.4. The number of carbonyl (C=O) groups is 1. The maximum Gasteiger partial charge on any atom is 0.231 e. The number of rotatable bonds is 8. The van der Waals surface area contributed by atoms with Gasteiger partial charge in [-0.1, -0.05) is 31.7 Å². The highest BCUT2D eigenvalue weighted by Gasteiger charge is 2.29. The van der Waals surface area contributed by atoms with Crippen molar-refractivity contribution in [2.45, 2.75) is 44.4 Å². The van der Waals surface area contributed by atoms with Gasteiger partial charge in [-0.05, 0) is 30.7 Å². The van der Waals surface area contributed by atoms with E-state index in [0.29, 0.717) is 5.16 Å². The first kappa shape index (κ1) is 18.5. The maximum absolute atomic E-state index is 12.1. The molecule has 2 aromatic heterocycles. The summed E-state index contributed by atoms with van der Waals surface area (Å²) in [5.74, 6) is 0.0678. The van der Waals surface area contributed by atoms with Crippen LogP contribution in [0.3, 0.4) is 0 Å². The van der Waals surface area contributed by atoms with Crippen molar-refractivity contribution >= 4 is 29.0 Å². The minimum absolute atomic E-state index is 0.0332. The molecular formula is C16H21N5OS2. The third kappa shape index (κ3) is 4.82. The Morgan fingerprint density at radius 2 is 2.38 bits per heavy atom. The topological polar surface area (TPSA) is 83.6 Å². The van der Waals surface area contributed by atoms with E-state index in [1.54, 1.807) is 24.6 Å². The van der Waals surface area contributed by atoms with Gasteiger partial charge in [-0.15, -0.1) is 21.5 Å². The lowest BCUT2D eigenvalue weighted by molar-refractivity contribution is -0.120. The van der Waals surface area contributed by atoms with Gasteiger partial charge < -0.3 is 9.88 Å². The van der Waals surface area contributed by atoms with Gasteiger partial charge in [-0.2, -0.15) is 5.26 Å². The minimum Gasteiger partial charge on any atom is -0.337 e. The molecule has 0 saturated heterocycles. The zero-order chi connectivity index (χ0) is 17.6. The SMILES string of the molecule is CC(C)C(C)(C#N)NC(=O)CSc1nncn1CCc1cccs1. The molecule has 2 rings (SSSR count). The molecule has 0 spiro atoms. The number of nitriles is 1. The van der Waals surface area contributed by atoms with Crippen molar-refractivity contribution in [1.29, 1.82) is 5.26 Å². The van der Waals surface area contributed by atoms with Gasteiger partial charge >= 0.3 is 0 Å². The maximum atomic E-state index is 12.1. The fourth-order valence-electron chi connectivity index (χ4n) is 1.95. The van der Waals surface area contributed by atoms with E-state index in [2.05, 4.69) is 33.0 Å². The summed E-state index contributed by atoms with van der Waals surface area (Å²) >= 11 is 3.06. The van der Waals surface area contributed by atoms with E-state index >= 15 is 0 Å². The number of aromatic nitrogens is 3. The lowest BCUT2D eigenvalue weighted by Gasteiger charge is -2.27. The van der Waals surface area contributed by atoms with E-state index in [-0.39, 0.29) is 17.6 Å². The standard InChI is InChI=1S/C16H21N5OS2/c1-12(2)16(3,10-17)19-14(22)9-24-15-20-18-11-21(15)7-6-13-5-4-8-23-13/h4-5,8,11-12H,6-7,9H2,1-3H3,(H,19,22). The van der Waals surface area contributed by atoms with Gasteiger partial charge in [0, 0.05) is 11.4 Å². The normalized spacial score (nSPS) is 13.5. The molecule has 2 aromatic rings. The third-order valence-corrected chi connectivity index (χ3v) is 5.79. The second-order valence-electron chi connectivity index (χ2n) is 5.94. The van der Waals surface area contributed by atoms with E-state index in [1.807, 2.05) is 24.5 Å². The predicted octanol–water partition coefficient (Wildman–Crippen LogP) is 2.73. The second kappa shape index (κ2) is 8.31. The van der Waals surface area contributed by atoms with Gasteiger partial charge in [-0.25, -0.2) is 0 Å². The molecule has 1 unspecified atom stereocenters. The third-order valence-electron chi connectivity index (χ3n) is 3.88. The number of thiophene rings is 1. The quantitative estimate of drug-likeness (QED) is 0.729. The van der Waals surface area contributed by atoms with E-state index in [4.69, 9.17) is 0 Å². The molecule has 6 nitrogen and oxygen atoms in total. The molecule has 0 aliphatic heterocycles. The van der Waals surface area contributed by atoms with Crippen LogP contribution in [-0.2, 0) is 17.8 Å². The molecule has 1 N–H and O–H groups in total. The van der Waals surface area contributed by atoms with Crippen molar-refractivity contribution < 1.29 is 4.79 Å². The number of aryl methyl sites for hydroxylation is 2. The Morgan fingerprint density at radius 1 is 1.58 bits per heavy atom. The summed E-state index contributed by atoms with van der Waals surface area (Å²) in [6.07, 6.45) is 2.59. The van der Waals surface area contributed by atoms with Crippen molar-refractivity contribution in [3.05, 3.63) is 28.7 Å². The summed E-state index contributed by atoms with van der Waals surface area (Å²) in [6, 6.07) is 6.31. The minimum atomic E-state index is -0.857. The molecule has 0 radical (unpaired) electrons. The zero-order valence-corrected chi connectivity index (χ0v) is 15.7. The molecule has 0 aliphatic rings. The molecule has 0 bridgehead atoms. The summed E-state index contributed by atoms with van der Waals surface area (Å²) in [7, 11) is 0. The van der Waals surface area contributed by atoms with Crippen molar-refractivity contribution in [2.75, 3.05) is 5.75 Å². The van der Waals surface area contributed by atoms with Crippen LogP contribution in [0.5, 0.6) is 0 Å². The number of nitrogens with zero attached hydrogens (tertiary/aromatic N) is 4. The van der Waals surface area contributed by atoms with E-state index in [0.717, 1.165) is 13.0 Å². The fraction of sp³-hybridized carbons (Fsp3) is 0.500. The molecule has 1 amide bonds. The Hall–Kier alpha value is -1.85. The molecule has 2 heterocycles.